The molecule has 1 aliphatic heterocycles. The van der Waals surface area contributed by atoms with Crippen LogP contribution in [0.5, 0.6) is 0 Å². The summed E-state index contributed by atoms with van der Waals surface area (Å²) in [7, 11) is 0. The van der Waals surface area contributed by atoms with Crippen LogP contribution in [0.25, 0.3) is 11.3 Å². The topological polar surface area (TPSA) is 85.0 Å². The van der Waals surface area contributed by atoms with E-state index in [4.69, 9.17) is 10.7 Å². The maximum atomic E-state index is 13.0. The molecule has 0 saturated carbocycles. The summed E-state index contributed by atoms with van der Waals surface area (Å²) in [5.74, 6) is 1.02. The van der Waals surface area contributed by atoms with E-state index in [1.54, 1.807) is 18.5 Å². The molecule has 1 fully saturated rings. The van der Waals surface area contributed by atoms with Gasteiger partial charge in [0, 0.05) is 42.2 Å². The Morgan fingerprint density at radius 1 is 0.926 bits per heavy atom. The molecule has 1 aliphatic rings. The summed E-state index contributed by atoms with van der Waals surface area (Å²) in [6, 6.07) is 13.0. The highest BCUT2D eigenvalue weighted by atomic mass is 16.1. The lowest BCUT2D eigenvalue weighted by atomic mass is 10.0. The predicted octanol–water partition coefficient (Wildman–Crippen LogP) is 3.34. The predicted molar refractivity (Wildman–Crippen MR) is 106 cm³/mol. The number of hydrogen-bond donors (Lipinski definition) is 1. The summed E-state index contributed by atoms with van der Waals surface area (Å²) < 4.78 is 0. The Balaban J connectivity index is 1.78. The van der Waals surface area contributed by atoms with Crippen molar-refractivity contribution in [3.8, 4) is 11.3 Å². The summed E-state index contributed by atoms with van der Waals surface area (Å²) in [5, 5.41) is 0. The van der Waals surface area contributed by atoms with Gasteiger partial charge in [-0.2, -0.15) is 0 Å². The normalized spacial score (nSPS) is 14.1. The second-order valence-corrected chi connectivity index (χ2v) is 6.67. The summed E-state index contributed by atoms with van der Waals surface area (Å²) >= 11 is 0. The first-order chi connectivity index (χ1) is 13.2. The van der Waals surface area contributed by atoms with Crippen LogP contribution in [0.15, 0.2) is 54.9 Å². The Bertz CT molecular complexity index is 935. The fourth-order valence-corrected chi connectivity index (χ4v) is 3.31. The highest BCUT2D eigenvalue weighted by molar-refractivity contribution is 6.09. The number of carbonyl (C=O) groups excluding carboxylic acids is 1. The number of ketones is 1. The lowest BCUT2D eigenvalue weighted by molar-refractivity contribution is 0.103. The van der Waals surface area contributed by atoms with Gasteiger partial charge in [-0.3, -0.25) is 4.79 Å². The van der Waals surface area contributed by atoms with Crippen LogP contribution in [0.1, 0.15) is 35.2 Å². The average molecular weight is 359 g/mol. The van der Waals surface area contributed by atoms with Gasteiger partial charge in [-0.25, -0.2) is 15.0 Å². The highest BCUT2D eigenvalue weighted by Crippen LogP contribution is 2.26. The maximum Gasteiger partial charge on any atom is 0.219 e. The third kappa shape index (κ3) is 3.79. The number of nitrogen functional groups attached to an aromatic ring is 1. The summed E-state index contributed by atoms with van der Waals surface area (Å²) in [6.45, 7) is 1.90. The molecule has 2 aromatic heterocycles. The van der Waals surface area contributed by atoms with Crippen LogP contribution in [0.4, 0.5) is 11.8 Å². The molecule has 136 valence electrons. The average Bonchev–Trinajstić information content (AvgIpc) is 2.74. The number of carbonyl (C=O) groups is 1. The van der Waals surface area contributed by atoms with E-state index in [0.29, 0.717) is 16.8 Å². The Morgan fingerprint density at radius 3 is 2.33 bits per heavy atom. The van der Waals surface area contributed by atoms with E-state index < -0.39 is 0 Å². The summed E-state index contributed by atoms with van der Waals surface area (Å²) in [4.78, 5) is 28.2. The minimum Gasteiger partial charge on any atom is -0.368 e. The number of aromatic nitrogens is 3. The second-order valence-electron chi connectivity index (χ2n) is 6.67. The van der Waals surface area contributed by atoms with E-state index >= 15 is 0 Å². The molecule has 1 saturated heterocycles. The Hall–Kier alpha value is -3.28. The largest absolute Gasteiger partial charge is 0.368 e. The van der Waals surface area contributed by atoms with Gasteiger partial charge < -0.3 is 10.6 Å². The Labute approximate surface area is 158 Å². The van der Waals surface area contributed by atoms with Gasteiger partial charge >= 0.3 is 0 Å². The van der Waals surface area contributed by atoms with Crippen LogP contribution in [0.3, 0.4) is 0 Å². The smallest absolute Gasteiger partial charge is 0.219 e. The zero-order valence-corrected chi connectivity index (χ0v) is 15.0. The van der Waals surface area contributed by atoms with E-state index in [2.05, 4.69) is 14.9 Å². The quantitative estimate of drug-likeness (QED) is 0.719. The molecule has 4 rings (SSSR count). The van der Waals surface area contributed by atoms with E-state index in [9.17, 15) is 4.79 Å². The van der Waals surface area contributed by atoms with E-state index in [1.807, 2.05) is 36.4 Å². The van der Waals surface area contributed by atoms with Crippen molar-refractivity contribution < 1.29 is 4.79 Å². The molecule has 1 aromatic carbocycles. The van der Waals surface area contributed by atoms with E-state index in [-0.39, 0.29) is 11.7 Å². The van der Waals surface area contributed by atoms with Crippen LogP contribution in [0.2, 0.25) is 0 Å². The number of rotatable bonds is 4. The van der Waals surface area contributed by atoms with Gasteiger partial charge in [0.1, 0.15) is 5.82 Å². The van der Waals surface area contributed by atoms with Gasteiger partial charge in [0.05, 0.1) is 5.69 Å². The molecule has 0 atom stereocenters. The fourth-order valence-electron chi connectivity index (χ4n) is 3.31. The molecular weight excluding hydrogens is 338 g/mol. The molecule has 27 heavy (non-hydrogen) atoms. The van der Waals surface area contributed by atoms with Crippen molar-refractivity contribution in [2.45, 2.75) is 19.3 Å². The Morgan fingerprint density at radius 2 is 1.63 bits per heavy atom. The van der Waals surface area contributed by atoms with Gasteiger partial charge in [-0.1, -0.05) is 30.3 Å². The molecule has 6 heteroatoms. The lowest BCUT2D eigenvalue weighted by Gasteiger charge is -2.28. The molecule has 0 spiro atoms. The van der Waals surface area contributed by atoms with Gasteiger partial charge in [0.2, 0.25) is 5.95 Å². The van der Waals surface area contributed by atoms with Crippen LogP contribution in [0, 0.1) is 0 Å². The number of nitrogens with zero attached hydrogens (tertiary/aromatic N) is 4. The number of hydrogen-bond acceptors (Lipinski definition) is 6. The maximum absolute atomic E-state index is 13.0. The minimum absolute atomic E-state index is 0.0196. The Kier molecular flexibility index (Phi) is 4.78. The number of nitrogens with two attached hydrogens (primary N) is 1. The van der Waals surface area contributed by atoms with Gasteiger partial charge in [0.15, 0.2) is 5.78 Å². The zero-order chi connectivity index (χ0) is 18.6. The second kappa shape index (κ2) is 7.53. The van der Waals surface area contributed by atoms with Gasteiger partial charge in [-0.15, -0.1) is 0 Å². The van der Waals surface area contributed by atoms with Crippen molar-refractivity contribution in [3.63, 3.8) is 0 Å². The van der Waals surface area contributed by atoms with Crippen molar-refractivity contribution >= 4 is 17.5 Å². The lowest BCUT2D eigenvalue weighted by Crippen LogP contribution is -2.30. The fraction of sp³-hybridized carbons (Fsp3) is 0.238. The first-order valence-corrected chi connectivity index (χ1v) is 9.15. The van der Waals surface area contributed by atoms with Gasteiger partial charge in [0.25, 0.3) is 0 Å². The highest BCUT2D eigenvalue weighted by Gasteiger charge is 2.18. The first kappa shape index (κ1) is 17.1. The molecule has 6 nitrogen and oxygen atoms in total. The van der Waals surface area contributed by atoms with Crippen molar-refractivity contribution in [2.24, 2.45) is 0 Å². The summed E-state index contributed by atoms with van der Waals surface area (Å²) in [6.07, 6.45) is 6.79. The number of anilines is 2. The molecule has 0 bridgehead atoms. The van der Waals surface area contributed by atoms with E-state index in [0.717, 1.165) is 37.3 Å². The van der Waals surface area contributed by atoms with Crippen molar-refractivity contribution in [2.75, 3.05) is 23.7 Å². The molecule has 3 heterocycles. The molecule has 3 aromatic rings. The minimum atomic E-state index is -0.0196. The molecule has 0 aliphatic carbocycles. The van der Waals surface area contributed by atoms with E-state index in [1.165, 1.54) is 6.42 Å². The SMILES string of the molecule is Nc1ncc(-c2cc(C(=O)c3ccccc3)cc(N3CCCCC3)n2)cn1. The van der Waals surface area contributed by atoms with Crippen molar-refractivity contribution in [3.05, 3.63) is 66.0 Å². The number of pyridine rings is 1. The number of piperidine rings is 1. The van der Waals surface area contributed by atoms with Crippen LogP contribution >= 0.6 is 0 Å². The molecule has 2 N–H and O–H groups in total. The molecule has 0 radical (unpaired) electrons. The number of benzene rings is 1. The first-order valence-electron chi connectivity index (χ1n) is 9.15. The van der Waals surface area contributed by atoms with Crippen LogP contribution < -0.4 is 10.6 Å². The van der Waals surface area contributed by atoms with Crippen molar-refractivity contribution in [1.82, 2.24) is 15.0 Å². The zero-order valence-electron chi connectivity index (χ0n) is 15.0. The van der Waals surface area contributed by atoms with Gasteiger partial charge in [-0.05, 0) is 31.4 Å². The third-order valence-corrected chi connectivity index (χ3v) is 4.76. The molecular formula is C21H21N5O. The monoisotopic (exact) mass is 359 g/mol. The molecule has 0 amide bonds. The molecule has 0 unspecified atom stereocenters. The third-order valence-electron chi connectivity index (χ3n) is 4.76. The van der Waals surface area contributed by atoms with Crippen LogP contribution in [-0.2, 0) is 0 Å². The van der Waals surface area contributed by atoms with Crippen LogP contribution in [-0.4, -0.2) is 33.8 Å². The standard InChI is InChI=1S/C21H21N5O/c22-21-23-13-17(14-24-21)18-11-16(20(27)15-7-3-1-4-8-15)12-19(25-18)26-9-5-2-6-10-26/h1,3-4,7-8,11-14H,2,5-6,9-10H2,(H2,22,23,24). The summed E-state index contributed by atoms with van der Waals surface area (Å²) in [5.41, 5.74) is 8.29. The van der Waals surface area contributed by atoms with Crippen molar-refractivity contribution in [1.29, 1.82) is 0 Å².